The third-order valence-electron chi connectivity index (χ3n) is 1.44. The van der Waals surface area contributed by atoms with E-state index in [1.165, 1.54) is 0 Å². The topological polar surface area (TPSA) is 164 Å². The van der Waals surface area contributed by atoms with Crippen molar-refractivity contribution in [1.29, 1.82) is 0 Å². The summed E-state index contributed by atoms with van der Waals surface area (Å²) in [6.07, 6.45) is -2.73. The van der Waals surface area contributed by atoms with Gasteiger partial charge in [0, 0.05) is 17.1 Å². The van der Waals surface area contributed by atoms with Crippen molar-refractivity contribution in [1.82, 2.24) is 0 Å². The molecule has 0 bridgehead atoms. The molecule has 0 saturated heterocycles. The van der Waals surface area contributed by atoms with E-state index in [1.54, 1.807) is 0 Å². The first-order valence-corrected chi connectivity index (χ1v) is 3.63. The molecule has 0 heterocycles. The molecular weight excluding hydrogens is 268 g/mol. The van der Waals surface area contributed by atoms with Crippen molar-refractivity contribution < 1.29 is 57.4 Å². The van der Waals surface area contributed by atoms with E-state index in [0.29, 0.717) is 0 Å². The number of carboxylic acid groups (broad SMARTS) is 3. The molecule has 0 aliphatic rings. The predicted octanol–water partition coefficient (Wildman–Crippen LogP) is -1.69. The van der Waals surface area contributed by atoms with E-state index < -0.39 is 42.8 Å². The van der Waals surface area contributed by atoms with Gasteiger partial charge in [0.15, 0.2) is 0 Å². The fraction of sp³-hybridized carbons (Fsp3) is 0.571. The van der Waals surface area contributed by atoms with Crippen LogP contribution in [0.15, 0.2) is 0 Å². The molecule has 0 rings (SSSR count). The van der Waals surface area contributed by atoms with Crippen molar-refractivity contribution in [2.45, 2.75) is 24.9 Å². The zero-order valence-electron chi connectivity index (χ0n) is 7.99. The van der Waals surface area contributed by atoms with E-state index in [0.717, 1.165) is 0 Å². The number of aliphatic carboxylic acids is 3. The molecule has 0 aromatic heterocycles. The molecule has 0 aliphatic heterocycles. The van der Waals surface area contributed by atoms with E-state index in [9.17, 15) is 19.5 Å². The van der Waals surface area contributed by atoms with Crippen LogP contribution in [0.25, 0.3) is 0 Å². The molecule has 0 aromatic carbocycles. The first-order chi connectivity index (χ1) is 6.25. The summed E-state index contributed by atoms with van der Waals surface area (Å²) in [6.45, 7) is 0. The maximum Gasteiger partial charge on any atom is 0.306 e. The SMILES string of the molecule is O.O=C(O)CC(O)(CC(=O)O)CC(=O)O.[Fe]. The summed E-state index contributed by atoms with van der Waals surface area (Å²) in [4.78, 5) is 30.7. The Morgan fingerprint density at radius 3 is 1.12 bits per heavy atom. The Kier molecular flexibility index (Phi) is 10.2. The van der Waals surface area contributed by atoms with Gasteiger partial charge < -0.3 is 25.9 Å². The minimum Gasteiger partial charge on any atom is -0.481 e. The molecule has 0 atom stereocenters. The molecule has 0 radical (unpaired) electrons. The molecule has 0 saturated carbocycles. The second kappa shape index (κ2) is 8.05. The third kappa shape index (κ3) is 9.41. The van der Waals surface area contributed by atoms with E-state index in [-0.39, 0.29) is 22.5 Å². The van der Waals surface area contributed by atoms with Crippen molar-refractivity contribution in [3.05, 3.63) is 0 Å². The molecule has 8 nitrogen and oxygen atoms in total. The monoisotopic (exact) mass is 280 g/mol. The Hall–Kier alpha value is -1.15. The summed E-state index contributed by atoms with van der Waals surface area (Å²) in [7, 11) is 0. The zero-order valence-corrected chi connectivity index (χ0v) is 9.09. The molecule has 0 aliphatic carbocycles. The van der Waals surface area contributed by atoms with Gasteiger partial charge in [-0.25, -0.2) is 0 Å². The third-order valence-corrected chi connectivity index (χ3v) is 1.44. The van der Waals surface area contributed by atoms with Crippen molar-refractivity contribution >= 4 is 17.9 Å². The Morgan fingerprint density at radius 2 is 1.00 bits per heavy atom. The van der Waals surface area contributed by atoms with Gasteiger partial charge in [0.05, 0.1) is 24.9 Å². The molecule has 96 valence electrons. The van der Waals surface area contributed by atoms with Crippen LogP contribution in [0.1, 0.15) is 19.3 Å². The molecule has 16 heavy (non-hydrogen) atoms. The molecule has 0 unspecified atom stereocenters. The smallest absolute Gasteiger partial charge is 0.306 e. The van der Waals surface area contributed by atoms with Crippen LogP contribution in [-0.2, 0) is 31.5 Å². The molecule has 9 heteroatoms. The van der Waals surface area contributed by atoms with Crippen LogP contribution in [-0.4, -0.2) is 49.4 Å². The fourth-order valence-corrected chi connectivity index (χ4v) is 1.03. The molecule has 0 amide bonds. The fourth-order valence-electron chi connectivity index (χ4n) is 1.03. The first kappa shape index (κ1) is 20.3. The molecule has 0 fully saturated rings. The standard InChI is InChI=1S/C7H10O7.Fe.H2O/c8-4(9)1-7(14,2-5(10)11)3-6(12)13;;/h14H,1-3H2,(H,8,9)(H,10,11)(H,12,13);;1H2. The summed E-state index contributed by atoms with van der Waals surface area (Å²) in [5.74, 6) is -4.35. The van der Waals surface area contributed by atoms with Gasteiger partial charge in [0.1, 0.15) is 0 Å². The number of carboxylic acids is 3. The second-order valence-corrected chi connectivity index (χ2v) is 2.94. The van der Waals surface area contributed by atoms with Crippen molar-refractivity contribution in [3.63, 3.8) is 0 Å². The van der Waals surface area contributed by atoms with Gasteiger partial charge in [0.25, 0.3) is 0 Å². The average Bonchev–Trinajstić information content (AvgIpc) is 1.76. The Balaban J connectivity index is -0.000000845. The van der Waals surface area contributed by atoms with Gasteiger partial charge in [-0.05, 0) is 0 Å². The number of carbonyl (C=O) groups is 3. The number of rotatable bonds is 6. The minimum absolute atomic E-state index is 0. The maximum atomic E-state index is 10.2. The van der Waals surface area contributed by atoms with E-state index in [2.05, 4.69) is 0 Å². The summed E-state index contributed by atoms with van der Waals surface area (Å²) in [6, 6.07) is 0. The van der Waals surface area contributed by atoms with Crippen LogP contribution in [0.4, 0.5) is 0 Å². The minimum atomic E-state index is -2.23. The van der Waals surface area contributed by atoms with Crippen molar-refractivity contribution in [2.24, 2.45) is 0 Å². The van der Waals surface area contributed by atoms with Gasteiger partial charge in [-0.2, -0.15) is 0 Å². The number of hydrogen-bond acceptors (Lipinski definition) is 4. The van der Waals surface area contributed by atoms with Gasteiger partial charge in [-0.1, -0.05) is 0 Å². The Morgan fingerprint density at radius 1 is 0.812 bits per heavy atom. The molecule has 0 spiro atoms. The van der Waals surface area contributed by atoms with E-state index in [1.807, 2.05) is 0 Å². The first-order valence-electron chi connectivity index (χ1n) is 3.63. The number of hydrogen-bond donors (Lipinski definition) is 4. The zero-order chi connectivity index (χ0) is 11.4. The van der Waals surface area contributed by atoms with Gasteiger partial charge in [0.2, 0.25) is 0 Å². The van der Waals surface area contributed by atoms with Gasteiger partial charge in [-0.3, -0.25) is 14.4 Å². The Labute approximate surface area is 101 Å². The van der Waals surface area contributed by atoms with Crippen LogP contribution in [0.3, 0.4) is 0 Å². The summed E-state index contributed by atoms with van der Waals surface area (Å²) in [5, 5.41) is 34.4. The molecule has 6 N–H and O–H groups in total. The molecule has 0 aromatic rings. The van der Waals surface area contributed by atoms with E-state index >= 15 is 0 Å². The predicted molar refractivity (Wildman–Crippen MR) is 45.3 cm³/mol. The summed E-state index contributed by atoms with van der Waals surface area (Å²) < 4.78 is 0. The summed E-state index contributed by atoms with van der Waals surface area (Å²) in [5.41, 5.74) is -2.23. The Bertz CT molecular complexity index is 222. The van der Waals surface area contributed by atoms with Crippen molar-refractivity contribution in [3.8, 4) is 0 Å². The second-order valence-electron chi connectivity index (χ2n) is 2.94. The maximum absolute atomic E-state index is 10.2. The average molecular weight is 280 g/mol. The molecular formula is C7H12FeO8. The van der Waals surface area contributed by atoms with Gasteiger partial charge >= 0.3 is 17.9 Å². The summed E-state index contributed by atoms with van der Waals surface area (Å²) >= 11 is 0. The van der Waals surface area contributed by atoms with Crippen LogP contribution in [0.5, 0.6) is 0 Å². The van der Waals surface area contributed by atoms with Crippen LogP contribution in [0.2, 0.25) is 0 Å². The normalized spacial score (nSPS) is 9.56. The van der Waals surface area contributed by atoms with Crippen molar-refractivity contribution in [2.75, 3.05) is 0 Å². The number of aliphatic hydroxyl groups is 1. The van der Waals surface area contributed by atoms with Crippen LogP contribution < -0.4 is 0 Å². The largest absolute Gasteiger partial charge is 0.481 e. The quantitative estimate of drug-likeness (QED) is 0.421. The van der Waals surface area contributed by atoms with Crippen LogP contribution in [0, 0.1) is 0 Å². The van der Waals surface area contributed by atoms with Crippen LogP contribution >= 0.6 is 0 Å². The van der Waals surface area contributed by atoms with E-state index in [4.69, 9.17) is 15.3 Å². The van der Waals surface area contributed by atoms with Gasteiger partial charge in [-0.15, -0.1) is 0 Å².